The molecule has 0 unspecified atom stereocenters. The lowest BCUT2D eigenvalue weighted by atomic mass is 9.85. The van der Waals surface area contributed by atoms with Crippen LogP contribution in [0.15, 0.2) is 48.5 Å². The molecule has 172 valence electrons. The highest BCUT2D eigenvalue weighted by atomic mass is 35.5. The monoisotopic (exact) mass is 464 g/mol. The molecule has 1 saturated carbocycles. The number of aromatic nitrogens is 2. The molecule has 1 aliphatic carbocycles. The second-order valence-corrected chi connectivity index (χ2v) is 10.0. The van der Waals surface area contributed by atoms with Crippen molar-refractivity contribution >= 4 is 34.4 Å². The van der Waals surface area contributed by atoms with E-state index in [1.54, 1.807) is 4.90 Å². The van der Waals surface area contributed by atoms with E-state index in [0.717, 1.165) is 35.9 Å². The molecule has 2 amide bonds. The van der Waals surface area contributed by atoms with Crippen molar-refractivity contribution < 1.29 is 9.59 Å². The standard InChI is InChI=1S/C26H29ClN4O2/c1-17-9-3-6-12-20(17)29-25(33)26(2)16-30-22-14-8-7-13-21(22)28-23(30)24(32)31(26)15-18-10-4-5-11-19(18)27/h4-5,7-8,10-11,13-14,17,20H,3,6,9,12,15-16H2,1-2H3,(H,29,33)/t17-,20+,26-/m1/s1. The van der Waals surface area contributed by atoms with Crippen molar-refractivity contribution in [3.05, 3.63) is 64.9 Å². The van der Waals surface area contributed by atoms with Crippen LogP contribution >= 0.6 is 11.6 Å². The van der Waals surface area contributed by atoms with Crippen LogP contribution in [-0.2, 0) is 17.9 Å². The summed E-state index contributed by atoms with van der Waals surface area (Å²) in [4.78, 5) is 33.9. The highest BCUT2D eigenvalue weighted by Crippen LogP contribution is 2.34. The Hall–Kier alpha value is -2.86. The Balaban J connectivity index is 1.56. The molecule has 3 aromatic rings. The third-order valence-electron chi connectivity index (χ3n) is 7.36. The Morgan fingerprint density at radius 1 is 1.15 bits per heavy atom. The van der Waals surface area contributed by atoms with Crippen LogP contribution < -0.4 is 5.32 Å². The normalized spacial score (nSPS) is 25.2. The lowest BCUT2D eigenvalue weighted by Crippen LogP contribution is -2.65. The third kappa shape index (κ3) is 3.80. The van der Waals surface area contributed by atoms with Crippen molar-refractivity contribution in [2.24, 2.45) is 5.92 Å². The summed E-state index contributed by atoms with van der Waals surface area (Å²) in [6.07, 6.45) is 4.40. The quantitative estimate of drug-likeness (QED) is 0.603. The first-order valence-electron chi connectivity index (χ1n) is 11.7. The van der Waals surface area contributed by atoms with E-state index >= 15 is 0 Å². The Morgan fingerprint density at radius 3 is 2.67 bits per heavy atom. The van der Waals surface area contributed by atoms with Crippen molar-refractivity contribution in [1.82, 2.24) is 19.8 Å². The lowest BCUT2D eigenvalue weighted by molar-refractivity contribution is -0.134. The van der Waals surface area contributed by atoms with Gasteiger partial charge in [0.25, 0.3) is 5.91 Å². The van der Waals surface area contributed by atoms with E-state index in [4.69, 9.17) is 11.6 Å². The molecule has 2 aliphatic rings. The fraction of sp³-hybridized carbons (Fsp3) is 0.423. The van der Waals surface area contributed by atoms with Crippen LogP contribution in [0.1, 0.15) is 55.7 Å². The molecule has 3 atom stereocenters. The lowest BCUT2D eigenvalue weighted by Gasteiger charge is -2.45. The molecule has 0 spiro atoms. The molecule has 2 heterocycles. The number of para-hydroxylation sites is 2. The molecule has 6 nitrogen and oxygen atoms in total. The van der Waals surface area contributed by atoms with Gasteiger partial charge in [0.15, 0.2) is 5.82 Å². The van der Waals surface area contributed by atoms with E-state index in [1.165, 1.54) is 6.42 Å². The number of nitrogens with one attached hydrogen (secondary N) is 1. The fourth-order valence-corrected chi connectivity index (χ4v) is 5.42. The van der Waals surface area contributed by atoms with Crippen molar-refractivity contribution in [3.63, 3.8) is 0 Å². The Kier molecular flexibility index (Phi) is 5.65. The zero-order valence-corrected chi connectivity index (χ0v) is 19.8. The summed E-state index contributed by atoms with van der Waals surface area (Å²) in [6.45, 7) is 4.64. The van der Waals surface area contributed by atoms with Crippen LogP contribution in [0.4, 0.5) is 0 Å². The van der Waals surface area contributed by atoms with Gasteiger partial charge >= 0.3 is 0 Å². The predicted octanol–water partition coefficient (Wildman–Crippen LogP) is 4.80. The van der Waals surface area contributed by atoms with Gasteiger partial charge in [0.1, 0.15) is 5.54 Å². The number of fused-ring (bicyclic) bond motifs is 3. The summed E-state index contributed by atoms with van der Waals surface area (Å²) in [6, 6.07) is 15.3. The second kappa shape index (κ2) is 8.49. The van der Waals surface area contributed by atoms with Gasteiger partial charge in [0.05, 0.1) is 17.6 Å². The number of nitrogens with zero attached hydrogens (tertiary/aromatic N) is 3. The number of carbonyl (C=O) groups excluding carboxylic acids is 2. The van der Waals surface area contributed by atoms with Gasteiger partial charge in [-0.1, -0.05) is 61.7 Å². The van der Waals surface area contributed by atoms with Crippen LogP contribution in [0.3, 0.4) is 0 Å². The molecule has 5 rings (SSSR count). The SMILES string of the molecule is C[C@@H]1CCCC[C@@H]1NC(=O)[C@@]1(C)Cn2c(nc3ccccc32)C(=O)N1Cc1ccccc1Cl. The number of rotatable bonds is 4. The van der Waals surface area contributed by atoms with Crippen LogP contribution in [0.5, 0.6) is 0 Å². The molecule has 7 heteroatoms. The Morgan fingerprint density at radius 2 is 1.88 bits per heavy atom. The van der Waals surface area contributed by atoms with Crippen LogP contribution in [0.2, 0.25) is 5.02 Å². The summed E-state index contributed by atoms with van der Waals surface area (Å²) < 4.78 is 1.89. The number of halogens is 1. The second-order valence-electron chi connectivity index (χ2n) is 9.61. The van der Waals surface area contributed by atoms with Gasteiger partial charge in [0, 0.05) is 17.6 Å². The summed E-state index contributed by atoms with van der Waals surface area (Å²) in [5, 5.41) is 3.88. The third-order valence-corrected chi connectivity index (χ3v) is 7.72. The maximum atomic E-state index is 13.9. The highest BCUT2D eigenvalue weighted by molar-refractivity contribution is 6.31. The largest absolute Gasteiger partial charge is 0.351 e. The maximum Gasteiger partial charge on any atom is 0.291 e. The molecular weight excluding hydrogens is 436 g/mol. The summed E-state index contributed by atoms with van der Waals surface area (Å²) in [5.74, 6) is 0.406. The van der Waals surface area contributed by atoms with Gasteiger partial charge in [-0.15, -0.1) is 0 Å². The maximum absolute atomic E-state index is 13.9. The van der Waals surface area contributed by atoms with E-state index in [0.29, 0.717) is 23.3 Å². The van der Waals surface area contributed by atoms with Gasteiger partial charge in [-0.3, -0.25) is 9.59 Å². The van der Waals surface area contributed by atoms with E-state index in [-0.39, 0.29) is 24.4 Å². The fourth-order valence-electron chi connectivity index (χ4n) is 5.23. The van der Waals surface area contributed by atoms with Crippen molar-refractivity contribution in [2.45, 2.75) is 64.2 Å². The average molecular weight is 465 g/mol. The zero-order valence-electron chi connectivity index (χ0n) is 19.1. The molecule has 2 aromatic carbocycles. The minimum atomic E-state index is -1.08. The van der Waals surface area contributed by atoms with E-state index in [2.05, 4.69) is 17.2 Å². The van der Waals surface area contributed by atoms with Gasteiger partial charge < -0.3 is 14.8 Å². The van der Waals surface area contributed by atoms with Crippen LogP contribution in [-0.4, -0.2) is 37.8 Å². The van der Waals surface area contributed by atoms with Crippen molar-refractivity contribution in [3.8, 4) is 0 Å². The van der Waals surface area contributed by atoms with E-state index < -0.39 is 5.54 Å². The number of benzene rings is 2. The Labute approximate surface area is 198 Å². The molecule has 0 bridgehead atoms. The minimum absolute atomic E-state index is 0.120. The molecule has 1 aliphatic heterocycles. The van der Waals surface area contributed by atoms with Gasteiger partial charge in [-0.2, -0.15) is 0 Å². The predicted molar refractivity (Wildman–Crippen MR) is 129 cm³/mol. The number of hydrogen-bond acceptors (Lipinski definition) is 3. The molecule has 0 saturated heterocycles. The van der Waals surface area contributed by atoms with E-state index in [1.807, 2.05) is 60.0 Å². The Bertz CT molecular complexity index is 1220. The first kappa shape index (κ1) is 22.0. The van der Waals surface area contributed by atoms with Gasteiger partial charge in [0.2, 0.25) is 5.91 Å². The highest BCUT2D eigenvalue weighted by Gasteiger charge is 2.49. The molecule has 1 aromatic heterocycles. The number of hydrogen-bond donors (Lipinski definition) is 1. The topological polar surface area (TPSA) is 67.2 Å². The van der Waals surface area contributed by atoms with Crippen molar-refractivity contribution in [2.75, 3.05) is 0 Å². The van der Waals surface area contributed by atoms with Crippen LogP contribution in [0, 0.1) is 5.92 Å². The molecule has 1 N–H and O–H groups in total. The van der Waals surface area contributed by atoms with Crippen molar-refractivity contribution in [1.29, 1.82) is 0 Å². The number of imidazole rings is 1. The summed E-state index contributed by atoms with van der Waals surface area (Å²) in [7, 11) is 0. The molecule has 1 fully saturated rings. The zero-order chi connectivity index (χ0) is 23.2. The summed E-state index contributed by atoms with van der Waals surface area (Å²) in [5.41, 5.74) is 1.35. The molecular formula is C26H29ClN4O2. The van der Waals surface area contributed by atoms with E-state index in [9.17, 15) is 9.59 Å². The number of amides is 2. The summed E-state index contributed by atoms with van der Waals surface area (Å²) >= 11 is 6.44. The number of carbonyl (C=O) groups is 2. The first-order valence-corrected chi connectivity index (χ1v) is 12.1. The van der Waals surface area contributed by atoms with Gasteiger partial charge in [-0.25, -0.2) is 4.98 Å². The first-order chi connectivity index (χ1) is 15.9. The van der Waals surface area contributed by atoms with Gasteiger partial charge in [-0.05, 0) is 49.4 Å². The molecule has 0 radical (unpaired) electrons. The molecule has 33 heavy (non-hydrogen) atoms. The smallest absolute Gasteiger partial charge is 0.291 e. The average Bonchev–Trinajstić information content (AvgIpc) is 3.18. The van der Waals surface area contributed by atoms with Crippen LogP contribution in [0.25, 0.3) is 11.0 Å². The minimum Gasteiger partial charge on any atom is -0.351 e.